The number of halogens is 1. The summed E-state index contributed by atoms with van der Waals surface area (Å²) < 4.78 is 14.9. The predicted molar refractivity (Wildman–Crippen MR) is 79.1 cm³/mol. The molecule has 0 amide bonds. The van der Waals surface area contributed by atoms with Gasteiger partial charge in [-0.1, -0.05) is 18.2 Å². The number of carboxylic acids is 1. The summed E-state index contributed by atoms with van der Waals surface area (Å²) >= 11 is 0. The molecule has 3 aromatic rings. The highest BCUT2D eigenvalue weighted by Crippen LogP contribution is 2.24. The normalized spacial score (nSPS) is 11.0. The van der Waals surface area contributed by atoms with Gasteiger partial charge in [-0.25, -0.2) is 9.18 Å². The number of fused-ring (bicyclic) bond motifs is 1. The van der Waals surface area contributed by atoms with Crippen LogP contribution < -0.4 is 0 Å². The molecule has 0 aliphatic carbocycles. The van der Waals surface area contributed by atoms with Crippen LogP contribution in [-0.2, 0) is 13.5 Å². The van der Waals surface area contributed by atoms with E-state index < -0.39 is 5.97 Å². The maximum absolute atomic E-state index is 12.9. The van der Waals surface area contributed by atoms with Gasteiger partial charge in [0.1, 0.15) is 5.82 Å². The number of aromatic carboxylic acids is 1. The average Bonchev–Trinajstić information content (AvgIpc) is 2.77. The number of aryl methyl sites for hydroxylation is 1. The number of aromatic nitrogens is 1. The van der Waals surface area contributed by atoms with Crippen molar-refractivity contribution in [3.05, 3.63) is 71.2 Å². The third kappa shape index (κ3) is 2.52. The van der Waals surface area contributed by atoms with Crippen LogP contribution in [0.2, 0.25) is 0 Å². The lowest BCUT2D eigenvalue weighted by atomic mass is 10.0. The lowest BCUT2D eigenvalue weighted by molar-refractivity contribution is 0.0697. The van der Waals surface area contributed by atoms with Crippen molar-refractivity contribution in [2.24, 2.45) is 7.05 Å². The van der Waals surface area contributed by atoms with E-state index in [1.54, 1.807) is 24.3 Å². The fraction of sp³-hybridized carbons (Fsp3) is 0.118. The number of hydrogen-bond donors (Lipinski definition) is 1. The number of nitrogens with zero attached hydrogens (tertiary/aromatic N) is 1. The topological polar surface area (TPSA) is 42.2 Å². The molecule has 0 saturated carbocycles. The number of carbonyl (C=O) groups is 1. The van der Waals surface area contributed by atoms with Crippen LogP contribution in [0.1, 0.15) is 21.5 Å². The van der Waals surface area contributed by atoms with Gasteiger partial charge in [0.15, 0.2) is 0 Å². The minimum absolute atomic E-state index is 0.247. The van der Waals surface area contributed by atoms with Gasteiger partial charge in [-0.05, 0) is 41.8 Å². The van der Waals surface area contributed by atoms with Crippen LogP contribution in [0.25, 0.3) is 10.9 Å². The lowest BCUT2D eigenvalue weighted by Crippen LogP contribution is -1.96. The van der Waals surface area contributed by atoms with Gasteiger partial charge in [-0.2, -0.15) is 0 Å². The van der Waals surface area contributed by atoms with Crippen molar-refractivity contribution < 1.29 is 14.3 Å². The average molecular weight is 283 g/mol. The maximum atomic E-state index is 12.9. The van der Waals surface area contributed by atoms with Gasteiger partial charge >= 0.3 is 5.97 Å². The van der Waals surface area contributed by atoms with Crippen LogP contribution in [0.3, 0.4) is 0 Å². The number of rotatable bonds is 3. The van der Waals surface area contributed by atoms with E-state index in [1.807, 2.05) is 23.9 Å². The maximum Gasteiger partial charge on any atom is 0.335 e. The van der Waals surface area contributed by atoms with Crippen LogP contribution >= 0.6 is 0 Å². The Morgan fingerprint density at radius 1 is 1.19 bits per heavy atom. The summed E-state index contributed by atoms with van der Waals surface area (Å²) in [6.45, 7) is 0. The Morgan fingerprint density at radius 3 is 2.57 bits per heavy atom. The second-order valence-electron chi connectivity index (χ2n) is 5.11. The zero-order chi connectivity index (χ0) is 15.0. The smallest absolute Gasteiger partial charge is 0.335 e. The molecule has 21 heavy (non-hydrogen) atoms. The number of carboxylic acid groups (broad SMARTS) is 1. The van der Waals surface area contributed by atoms with Gasteiger partial charge in [-0.15, -0.1) is 0 Å². The molecule has 0 bridgehead atoms. The molecular weight excluding hydrogens is 269 g/mol. The monoisotopic (exact) mass is 283 g/mol. The third-order valence-corrected chi connectivity index (χ3v) is 3.63. The molecular formula is C17H14FNO2. The minimum Gasteiger partial charge on any atom is -0.478 e. The summed E-state index contributed by atoms with van der Waals surface area (Å²) in [5.41, 5.74) is 3.27. The molecule has 3 nitrogen and oxygen atoms in total. The van der Waals surface area contributed by atoms with Gasteiger partial charge in [-0.3, -0.25) is 0 Å². The predicted octanol–water partition coefficient (Wildman–Crippen LogP) is 3.61. The highest BCUT2D eigenvalue weighted by Gasteiger charge is 2.10. The number of hydrogen-bond acceptors (Lipinski definition) is 1. The minimum atomic E-state index is -0.932. The fourth-order valence-electron chi connectivity index (χ4n) is 2.56. The van der Waals surface area contributed by atoms with E-state index in [2.05, 4.69) is 0 Å². The van der Waals surface area contributed by atoms with Gasteiger partial charge in [0.25, 0.3) is 0 Å². The molecule has 106 valence electrons. The van der Waals surface area contributed by atoms with Crippen molar-refractivity contribution >= 4 is 16.9 Å². The van der Waals surface area contributed by atoms with Gasteiger partial charge in [0.05, 0.1) is 5.56 Å². The Labute approximate surface area is 121 Å². The van der Waals surface area contributed by atoms with E-state index in [9.17, 15) is 9.18 Å². The quantitative estimate of drug-likeness (QED) is 0.798. The highest BCUT2D eigenvalue weighted by molar-refractivity contribution is 5.94. The molecule has 0 saturated heterocycles. The van der Waals surface area contributed by atoms with Gasteiger partial charge in [0, 0.05) is 24.1 Å². The van der Waals surface area contributed by atoms with Gasteiger partial charge in [0.2, 0.25) is 0 Å². The molecule has 0 unspecified atom stereocenters. The molecule has 4 heteroatoms. The molecule has 0 spiro atoms. The Kier molecular flexibility index (Phi) is 3.22. The zero-order valence-corrected chi connectivity index (χ0v) is 11.5. The second-order valence-corrected chi connectivity index (χ2v) is 5.11. The van der Waals surface area contributed by atoms with Crippen molar-refractivity contribution in [1.82, 2.24) is 4.57 Å². The van der Waals surface area contributed by atoms with E-state index in [-0.39, 0.29) is 11.4 Å². The van der Waals surface area contributed by atoms with Crippen molar-refractivity contribution in [1.29, 1.82) is 0 Å². The van der Waals surface area contributed by atoms with Crippen molar-refractivity contribution in [3.8, 4) is 0 Å². The molecule has 0 aliphatic rings. The summed E-state index contributed by atoms with van der Waals surface area (Å²) in [6, 6.07) is 11.5. The summed E-state index contributed by atoms with van der Waals surface area (Å²) in [6.07, 6.45) is 2.67. The van der Waals surface area contributed by atoms with Crippen LogP contribution in [0.15, 0.2) is 48.7 Å². The highest BCUT2D eigenvalue weighted by atomic mass is 19.1. The molecule has 0 atom stereocenters. The third-order valence-electron chi connectivity index (χ3n) is 3.63. The first-order chi connectivity index (χ1) is 10.0. The van der Waals surface area contributed by atoms with Crippen molar-refractivity contribution in [2.45, 2.75) is 6.42 Å². The summed E-state index contributed by atoms with van der Waals surface area (Å²) in [7, 11) is 1.89. The van der Waals surface area contributed by atoms with Crippen LogP contribution in [-0.4, -0.2) is 15.6 Å². The Balaban J connectivity index is 2.03. The molecule has 0 aliphatic heterocycles. The molecule has 2 aromatic carbocycles. The first kappa shape index (κ1) is 13.4. The first-order valence-corrected chi connectivity index (χ1v) is 6.60. The standard InChI is InChI=1S/C17H14FNO2/c1-19-10-13(8-11-2-5-14(18)6-3-11)15-7-4-12(17(20)21)9-16(15)19/h2-7,9-10H,8H2,1H3,(H,20,21). The lowest BCUT2D eigenvalue weighted by Gasteiger charge is -2.01. The molecule has 3 rings (SSSR count). The summed E-state index contributed by atoms with van der Waals surface area (Å²) in [5, 5.41) is 10.1. The molecule has 1 aromatic heterocycles. The van der Waals surface area contributed by atoms with E-state index in [4.69, 9.17) is 5.11 Å². The van der Waals surface area contributed by atoms with Gasteiger partial charge < -0.3 is 9.67 Å². The summed E-state index contributed by atoms with van der Waals surface area (Å²) in [4.78, 5) is 11.0. The van der Waals surface area contributed by atoms with E-state index >= 15 is 0 Å². The first-order valence-electron chi connectivity index (χ1n) is 6.60. The molecule has 1 heterocycles. The fourth-order valence-corrected chi connectivity index (χ4v) is 2.56. The second kappa shape index (κ2) is 5.05. The van der Waals surface area contributed by atoms with E-state index in [0.717, 1.165) is 22.0 Å². The van der Waals surface area contributed by atoms with Crippen LogP contribution in [0, 0.1) is 5.82 Å². The van der Waals surface area contributed by atoms with Crippen molar-refractivity contribution in [2.75, 3.05) is 0 Å². The molecule has 0 radical (unpaired) electrons. The Bertz CT molecular complexity index is 819. The Morgan fingerprint density at radius 2 is 1.90 bits per heavy atom. The van der Waals surface area contributed by atoms with E-state index in [0.29, 0.717) is 6.42 Å². The largest absolute Gasteiger partial charge is 0.478 e. The molecule has 0 fully saturated rings. The SMILES string of the molecule is Cn1cc(Cc2ccc(F)cc2)c2ccc(C(=O)O)cc21. The summed E-state index contributed by atoms with van der Waals surface area (Å²) in [5.74, 6) is -1.18. The number of benzene rings is 2. The zero-order valence-electron chi connectivity index (χ0n) is 11.5. The van der Waals surface area contributed by atoms with Crippen molar-refractivity contribution in [3.63, 3.8) is 0 Å². The Hall–Kier alpha value is -2.62. The molecule has 1 N–H and O–H groups in total. The van der Waals surface area contributed by atoms with E-state index in [1.165, 1.54) is 12.1 Å². The van der Waals surface area contributed by atoms with Crippen LogP contribution in [0.5, 0.6) is 0 Å². The van der Waals surface area contributed by atoms with Crippen LogP contribution in [0.4, 0.5) is 4.39 Å².